The molecule has 1 aromatic rings. The highest BCUT2D eigenvalue weighted by Crippen LogP contribution is 2.38. The van der Waals surface area contributed by atoms with E-state index in [1.54, 1.807) is 13.0 Å². The lowest BCUT2D eigenvalue weighted by Crippen LogP contribution is -2.41. The Labute approximate surface area is 118 Å². The Balaban J connectivity index is 2.08. The van der Waals surface area contributed by atoms with Crippen LogP contribution in [0.5, 0.6) is 0 Å². The minimum atomic E-state index is -1.08. The number of benzene rings is 1. The Kier molecular flexibility index (Phi) is 4.23. The number of esters is 1. The molecular weight excluding hydrogens is 256 g/mol. The fourth-order valence-corrected chi connectivity index (χ4v) is 2.48. The summed E-state index contributed by atoms with van der Waals surface area (Å²) in [7, 11) is 0. The van der Waals surface area contributed by atoms with Crippen molar-refractivity contribution in [1.82, 2.24) is 0 Å². The average molecular weight is 274 g/mol. The summed E-state index contributed by atoms with van der Waals surface area (Å²) in [6.45, 7) is 1.80. The van der Waals surface area contributed by atoms with Gasteiger partial charge in [0.25, 0.3) is 0 Å². The normalized spacial score (nSPS) is 25.1. The molecule has 2 rings (SSSR count). The van der Waals surface area contributed by atoms with Crippen LogP contribution < -0.4 is 0 Å². The van der Waals surface area contributed by atoms with Gasteiger partial charge in [-0.25, -0.2) is 0 Å². The van der Waals surface area contributed by atoms with Crippen LogP contribution in [0.3, 0.4) is 0 Å². The molecule has 1 N–H and O–H groups in total. The van der Waals surface area contributed by atoms with Gasteiger partial charge in [0.15, 0.2) is 0 Å². The van der Waals surface area contributed by atoms with Crippen molar-refractivity contribution in [2.75, 3.05) is 0 Å². The molecule has 1 aliphatic carbocycles. The molecule has 0 aromatic heterocycles. The zero-order valence-corrected chi connectivity index (χ0v) is 11.4. The number of allylic oxidation sites excluding steroid dienone is 1. The highest BCUT2D eigenvalue weighted by atomic mass is 16.5. The van der Waals surface area contributed by atoms with E-state index in [1.165, 1.54) is 0 Å². The number of carbonyl (C=O) groups is 2. The maximum absolute atomic E-state index is 12.3. The summed E-state index contributed by atoms with van der Waals surface area (Å²) in [6.07, 6.45) is 4.66. The summed E-state index contributed by atoms with van der Waals surface area (Å²) in [5, 5.41) is 9.27. The molecule has 4 nitrogen and oxygen atoms in total. The lowest BCUT2D eigenvalue weighted by atomic mass is 9.71. The van der Waals surface area contributed by atoms with Crippen LogP contribution in [0.15, 0.2) is 42.5 Å². The third-order valence-corrected chi connectivity index (χ3v) is 3.76. The quantitative estimate of drug-likeness (QED) is 0.677. The van der Waals surface area contributed by atoms with Gasteiger partial charge >= 0.3 is 11.9 Å². The second kappa shape index (κ2) is 5.90. The first-order chi connectivity index (χ1) is 9.54. The molecule has 2 atom stereocenters. The highest BCUT2D eigenvalue weighted by Gasteiger charge is 2.45. The molecule has 20 heavy (non-hydrogen) atoms. The molecule has 0 radical (unpaired) electrons. The van der Waals surface area contributed by atoms with Crippen LogP contribution in [-0.4, -0.2) is 17.0 Å². The van der Waals surface area contributed by atoms with Crippen LogP contribution in [0, 0.1) is 11.3 Å². The summed E-state index contributed by atoms with van der Waals surface area (Å²) in [6, 6.07) is 9.34. The molecule has 0 spiro atoms. The monoisotopic (exact) mass is 274 g/mol. The van der Waals surface area contributed by atoms with Crippen LogP contribution in [0.25, 0.3) is 0 Å². The summed E-state index contributed by atoms with van der Waals surface area (Å²) in [4.78, 5) is 23.6. The zero-order chi connectivity index (χ0) is 14.6. The van der Waals surface area contributed by atoms with Gasteiger partial charge in [-0.05, 0) is 25.3 Å². The van der Waals surface area contributed by atoms with Crippen molar-refractivity contribution in [2.45, 2.75) is 26.4 Å². The standard InChI is InChI=1S/C16H18O4/c1-16(10-6-5-9-13(16)14(17)18)15(19)20-11-12-7-3-2-4-8-12/h2-4,6-8,10,13H,5,9,11H2,1H3,(H,17,18). The summed E-state index contributed by atoms with van der Waals surface area (Å²) >= 11 is 0. The van der Waals surface area contributed by atoms with Crippen LogP contribution in [0.4, 0.5) is 0 Å². The molecule has 106 valence electrons. The highest BCUT2D eigenvalue weighted by molar-refractivity contribution is 5.86. The van der Waals surface area contributed by atoms with Crippen molar-refractivity contribution in [3.05, 3.63) is 48.0 Å². The predicted molar refractivity (Wildman–Crippen MR) is 73.8 cm³/mol. The predicted octanol–water partition coefficient (Wildman–Crippen LogP) is 2.79. The average Bonchev–Trinajstić information content (AvgIpc) is 2.46. The molecule has 0 aliphatic heterocycles. The topological polar surface area (TPSA) is 63.6 Å². The molecule has 0 heterocycles. The fraction of sp³-hybridized carbons (Fsp3) is 0.375. The van der Waals surface area contributed by atoms with Gasteiger partial charge in [0.2, 0.25) is 0 Å². The second-order valence-corrected chi connectivity index (χ2v) is 5.21. The maximum Gasteiger partial charge on any atom is 0.316 e. The third-order valence-electron chi connectivity index (χ3n) is 3.76. The molecule has 1 aliphatic rings. The second-order valence-electron chi connectivity index (χ2n) is 5.21. The lowest BCUT2D eigenvalue weighted by molar-refractivity contribution is -0.164. The first-order valence-electron chi connectivity index (χ1n) is 6.65. The zero-order valence-electron chi connectivity index (χ0n) is 11.4. The molecule has 0 bridgehead atoms. The maximum atomic E-state index is 12.3. The number of carbonyl (C=O) groups excluding carboxylic acids is 1. The van der Waals surface area contributed by atoms with E-state index in [0.29, 0.717) is 12.8 Å². The first-order valence-corrected chi connectivity index (χ1v) is 6.65. The Hall–Kier alpha value is -2.10. The Morgan fingerprint density at radius 2 is 2.05 bits per heavy atom. The minimum absolute atomic E-state index is 0.162. The van der Waals surface area contributed by atoms with Gasteiger partial charge in [-0.15, -0.1) is 0 Å². The summed E-state index contributed by atoms with van der Waals surface area (Å²) in [5.41, 5.74) is -0.199. The van der Waals surface area contributed by atoms with E-state index in [4.69, 9.17) is 4.74 Å². The van der Waals surface area contributed by atoms with Crippen molar-refractivity contribution >= 4 is 11.9 Å². The van der Waals surface area contributed by atoms with Crippen LogP contribution in [0.2, 0.25) is 0 Å². The van der Waals surface area contributed by atoms with E-state index < -0.39 is 23.3 Å². The molecule has 0 saturated heterocycles. The number of rotatable bonds is 4. The van der Waals surface area contributed by atoms with E-state index in [9.17, 15) is 14.7 Å². The van der Waals surface area contributed by atoms with E-state index in [1.807, 2.05) is 36.4 Å². The molecule has 2 unspecified atom stereocenters. The Bertz CT molecular complexity index is 521. The van der Waals surface area contributed by atoms with Crippen LogP contribution in [0.1, 0.15) is 25.3 Å². The van der Waals surface area contributed by atoms with Gasteiger partial charge in [0, 0.05) is 0 Å². The van der Waals surface area contributed by atoms with Gasteiger partial charge < -0.3 is 9.84 Å². The molecular formula is C16H18O4. The first kappa shape index (κ1) is 14.3. The molecule has 4 heteroatoms. The van der Waals surface area contributed by atoms with Crippen molar-refractivity contribution in [3.63, 3.8) is 0 Å². The molecule has 1 aromatic carbocycles. The number of carboxylic acid groups (broad SMARTS) is 1. The largest absolute Gasteiger partial charge is 0.481 e. The SMILES string of the molecule is CC1(C(=O)OCc2ccccc2)C=CCCC1C(=O)O. The van der Waals surface area contributed by atoms with Crippen molar-refractivity contribution in [2.24, 2.45) is 11.3 Å². The van der Waals surface area contributed by atoms with Crippen LogP contribution in [-0.2, 0) is 20.9 Å². The summed E-state index contributed by atoms with van der Waals surface area (Å²) < 4.78 is 5.30. The van der Waals surface area contributed by atoms with E-state index in [0.717, 1.165) is 5.56 Å². The number of aliphatic carboxylic acids is 1. The lowest BCUT2D eigenvalue weighted by Gasteiger charge is -2.32. The van der Waals surface area contributed by atoms with Crippen molar-refractivity contribution in [3.8, 4) is 0 Å². The number of hydrogen-bond donors (Lipinski definition) is 1. The van der Waals surface area contributed by atoms with Gasteiger partial charge in [-0.1, -0.05) is 42.5 Å². The summed E-state index contributed by atoms with van der Waals surface area (Å²) in [5.74, 6) is -2.16. The van der Waals surface area contributed by atoms with Crippen LogP contribution >= 0.6 is 0 Å². The van der Waals surface area contributed by atoms with Gasteiger partial charge in [-0.3, -0.25) is 9.59 Å². The molecule has 0 fully saturated rings. The van der Waals surface area contributed by atoms with Crippen molar-refractivity contribution < 1.29 is 19.4 Å². The molecule has 0 amide bonds. The number of hydrogen-bond acceptors (Lipinski definition) is 3. The minimum Gasteiger partial charge on any atom is -0.481 e. The Morgan fingerprint density at radius 1 is 1.35 bits per heavy atom. The number of ether oxygens (including phenoxy) is 1. The third kappa shape index (κ3) is 2.90. The van der Waals surface area contributed by atoms with Gasteiger partial charge in [0.1, 0.15) is 6.61 Å². The van der Waals surface area contributed by atoms with E-state index in [2.05, 4.69) is 0 Å². The smallest absolute Gasteiger partial charge is 0.316 e. The van der Waals surface area contributed by atoms with Gasteiger partial charge in [-0.2, -0.15) is 0 Å². The van der Waals surface area contributed by atoms with E-state index in [-0.39, 0.29) is 6.61 Å². The fourth-order valence-electron chi connectivity index (χ4n) is 2.48. The number of carboxylic acids is 1. The molecule has 0 saturated carbocycles. The van der Waals surface area contributed by atoms with Crippen molar-refractivity contribution in [1.29, 1.82) is 0 Å². The van der Waals surface area contributed by atoms with E-state index >= 15 is 0 Å². The van der Waals surface area contributed by atoms with Gasteiger partial charge in [0.05, 0.1) is 11.3 Å². The Morgan fingerprint density at radius 3 is 2.70 bits per heavy atom.